The van der Waals surface area contributed by atoms with E-state index in [1.54, 1.807) is 38.5 Å². The number of rotatable bonds is 8. The fourth-order valence-corrected chi connectivity index (χ4v) is 3.68. The molecule has 0 aliphatic carbocycles. The summed E-state index contributed by atoms with van der Waals surface area (Å²) in [7, 11) is 3.17. The number of nitrogens with zero attached hydrogens (tertiary/aromatic N) is 1. The van der Waals surface area contributed by atoms with Crippen LogP contribution >= 0.6 is 0 Å². The van der Waals surface area contributed by atoms with Gasteiger partial charge < -0.3 is 14.2 Å². The fourth-order valence-electron chi connectivity index (χ4n) is 3.68. The highest BCUT2D eigenvalue weighted by Crippen LogP contribution is 2.44. The van der Waals surface area contributed by atoms with Crippen LogP contribution in [0.5, 0.6) is 17.2 Å². The van der Waals surface area contributed by atoms with Crippen LogP contribution in [0.3, 0.4) is 0 Å². The summed E-state index contributed by atoms with van der Waals surface area (Å²) in [4.78, 5) is 11.6. The minimum atomic E-state index is -0.367. The third kappa shape index (κ3) is 4.80. The van der Waals surface area contributed by atoms with E-state index in [1.165, 1.54) is 6.07 Å². The van der Waals surface area contributed by atoms with Gasteiger partial charge in [0.15, 0.2) is 0 Å². The summed E-state index contributed by atoms with van der Waals surface area (Å²) < 4.78 is 16.8. The van der Waals surface area contributed by atoms with Crippen LogP contribution in [-0.2, 0) is 6.61 Å². The van der Waals surface area contributed by atoms with Crippen LogP contribution in [0.1, 0.15) is 5.56 Å². The van der Waals surface area contributed by atoms with Gasteiger partial charge in [0.1, 0.15) is 23.9 Å². The molecular weight excluding hydrogens is 418 g/mol. The molecule has 0 amide bonds. The average molecular weight is 441 g/mol. The Balaban J connectivity index is 1.87. The fraction of sp³-hybridized carbons (Fsp3) is 0.111. The van der Waals surface area contributed by atoms with Crippen LogP contribution < -0.4 is 14.2 Å². The van der Waals surface area contributed by atoms with Crippen molar-refractivity contribution in [1.82, 2.24) is 0 Å². The van der Waals surface area contributed by atoms with Crippen molar-refractivity contribution in [1.29, 1.82) is 0 Å². The van der Waals surface area contributed by atoms with Gasteiger partial charge in [0.25, 0.3) is 5.69 Å². The van der Waals surface area contributed by atoms with Gasteiger partial charge in [0.2, 0.25) is 0 Å². The second-order valence-corrected chi connectivity index (χ2v) is 7.32. The van der Waals surface area contributed by atoms with Gasteiger partial charge in [0.05, 0.1) is 24.7 Å². The van der Waals surface area contributed by atoms with Gasteiger partial charge in [-0.1, -0.05) is 54.6 Å². The van der Waals surface area contributed by atoms with Crippen molar-refractivity contribution in [3.05, 3.63) is 107 Å². The van der Waals surface area contributed by atoms with Gasteiger partial charge in [-0.25, -0.2) is 0 Å². The number of ether oxygens (including phenoxy) is 3. The Morgan fingerprint density at radius 1 is 0.758 bits per heavy atom. The Morgan fingerprint density at radius 2 is 1.45 bits per heavy atom. The Labute approximate surface area is 192 Å². The molecule has 0 bridgehead atoms. The number of hydrogen-bond donors (Lipinski definition) is 0. The molecule has 0 aliphatic rings. The third-order valence-electron chi connectivity index (χ3n) is 5.34. The van der Waals surface area contributed by atoms with E-state index in [0.29, 0.717) is 35.0 Å². The van der Waals surface area contributed by atoms with E-state index in [4.69, 9.17) is 14.2 Å². The Kier molecular flexibility index (Phi) is 6.55. The summed E-state index contributed by atoms with van der Waals surface area (Å²) in [6, 6.07) is 27.6. The molecule has 0 spiro atoms. The van der Waals surface area contributed by atoms with Gasteiger partial charge in [-0.05, 0) is 41.0 Å². The van der Waals surface area contributed by atoms with Crippen molar-refractivity contribution < 1.29 is 19.1 Å². The number of methoxy groups -OCH3 is 2. The first-order valence-corrected chi connectivity index (χ1v) is 10.4. The van der Waals surface area contributed by atoms with Gasteiger partial charge in [0, 0.05) is 17.7 Å². The minimum absolute atomic E-state index is 0.00181. The van der Waals surface area contributed by atoms with Crippen LogP contribution in [0.25, 0.3) is 22.3 Å². The van der Waals surface area contributed by atoms with E-state index in [-0.39, 0.29) is 10.6 Å². The first-order chi connectivity index (χ1) is 16.1. The summed E-state index contributed by atoms with van der Waals surface area (Å²) in [5.74, 6) is 1.82. The summed E-state index contributed by atoms with van der Waals surface area (Å²) >= 11 is 0. The van der Waals surface area contributed by atoms with Crippen molar-refractivity contribution in [3.8, 4) is 39.5 Å². The minimum Gasteiger partial charge on any atom is -0.497 e. The van der Waals surface area contributed by atoms with E-state index in [9.17, 15) is 10.1 Å². The molecule has 0 unspecified atom stereocenters. The van der Waals surface area contributed by atoms with Crippen molar-refractivity contribution in [2.24, 2.45) is 0 Å². The zero-order valence-electron chi connectivity index (χ0n) is 18.4. The van der Waals surface area contributed by atoms with Gasteiger partial charge in [-0.3, -0.25) is 10.1 Å². The molecular formula is C27H23NO5. The predicted octanol–water partition coefficient (Wildman–Crippen LogP) is 6.53. The molecule has 0 radical (unpaired) electrons. The monoisotopic (exact) mass is 441 g/mol. The van der Waals surface area contributed by atoms with Gasteiger partial charge >= 0.3 is 0 Å². The molecule has 6 heteroatoms. The Hall–Kier alpha value is -4.32. The van der Waals surface area contributed by atoms with Crippen molar-refractivity contribution in [2.45, 2.75) is 6.61 Å². The lowest BCUT2D eigenvalue weighted by Crippen LogP contribution is -2.00. The van der Waals surface area contributed by atoms with Crippen LogP contribution in [0.15, 0.2) is 91.0 Å². The highest BCUT2D eigenvalue weighted by molar-refractivity contribution is 5.92. The molecule has 4 rings (SSSR count). The molecule has 0 N–H and O–H groups in total. The van der Waals surface area contributed by atoms with Crippen molar-refractivity contribution in [3.63, 3.8) is 0 Å². The zero-order valence-corrected chi connectivity index (χ0v) is 18.4. The SMILES string of the molecule is COc1ccc(-c2cccc([N+](=O)[O-])c2-c2ccc(OC)cc2OCc2ccccc2)cc1. The quantitative estimate of drug-likeness (QED) is 0.230. The van der Waals surface area contributed by atoms with E-state index in [2.05, 4.69) is 0 Å². The largest absolute Gasteiger partial charge is 0.497 e. The molecule has 33 heavy (non-hydrogen) atoms. The molecule has 0 aromatic heterocycles. The van der Waals surface area contributed by atoms with Gasteiger partial charge in [-0.15, -0.1) is 0 Å². The molecule has 4 aromatic rings. The summed E-state index contributed by atoms with van der Waals surface area (Å²) in [6.45, 7) is 0.319. The van der Waals surface area contributed by atoms with Crippen molar-refractivity contribution >= 4 is 5.69 Å². The molecule has 6 nitrogen and oxygen atoms in total. The average Bonchev–Trinajstić information content (AvgIpc) is 2.87. The third-order valence-corrected chi connectivity index (χ3v) is 5.34. The predicted molar refractivity (Wildman–Crippen MR) is 128 cm³/mol. The first-order valence-electron chi connectivity index (χ1n) is 10.4. The molecule has 0 saturated heterocycles. The van der Waals surface area contributed by atoms with Crippen LogP contribution in [-0.4, -0.2) is 19.1 Å². The normalized spacial score (nSPS) is 10.5. The van der Waals surface area contributed by atoms with E-state index in [1.807, 2.05) is 60.7 Å². The summed E-state index contributed by atoms with van der Waals surface area (Å²) in [6.07, 6.45) is 0. The topological polar surface area (TPSA) is 70.8 Å². The number of nitro groups is 1. The molecule has 0 atom stereocenters. The molecule has 4 aromatic carbocycles. The van der Waals surface area contributed by atoms with Crippen LogP contribution in [0, 0.1) is 10.1 Å². The highest BCUT2D eigenvalue weighted by atomic mass is 16.6. The van der Waals surface area contributed by atoms with Crippen molar-refractivity contribution in [2.75, 3.05) is 14.2 Å². The molecule has 0 fully saturated rings. The first kappa shape index (κ1) is 21.9. The van der Waals surface area contributed by atoms with E-state index in [0.717, 1.165) is 16.7 Å². The maximum atomic E-state index is 12.0. The standard InChI is InChI=1S/C27H23NO5/c1-31-21-13-11-20(12-14-21)23-9-6-10-25(28(29)30)27(23)24-16-15-22(32-2)17-26(24)33-18-19-7-4-3-5-8-19/h3-17H,18H2,1-2H3. The number of benzene rings is 4. The molecule has 0 saturated carbocycles. The van der Waals surface area contributed by atoms with E-state index >= 15 is 0 Å². The molecule has 0 heterocycles. The smallest absolute Gasteiger partial charge is 0.277 e. The lowest BCUT2D eigenvalue weighted by molar-refractivity contribution is -0.384. The Bertz CT molecular complexity index is 1250. The Morgan fingerprint density at radius 3 is 2.12 bits per heavy atom. The molecule has 0 aliphatic heterocycles. The zero-order chi connectivity index (χ0) is 23.2. The second-order valence-electron chi connectivity index (χ2n) is 7.32. The van der Waals surface area contributed by atoms with Crippen LogP contribution in [0.2, 0.25) is 0 Å². The number of hydrogen-bond acceptors (Lipinski definition) is 5. The lowest BCUT2D eigenvalue weighted by atomic mass is 9.92. The summed E-state index contributed by atoms with van der Waals surface area (Å²) in [5.41, 5.74) is 3.64. The van der Waals surface area contributed by atoms with Gasteiger partial charge in [-0.2, -0.15) is 0 Å². The number of nitro benzene ring substituents is 1. The maximum absolute atomic E-state index is 12.0. The molecule has 166 valence electrons. The highest BCUT2D eigenvalue weighted by Gasteiger charge is 2.23. The van der Waals surface area contributed by atoms with E-state index < -0.39 is 0 Å². The summed E-state index contributed by atoms with van der Waals surface area (Å²) in [5, 5.41) is 12.0. The van der Waals surface area contributed by atoms with Crippen LogP contribution in [0.4, 0.5) is 5.69 Å². The second kappa shape index (κ2) is 9.87. The maximum Gasteiger partial charge on any atom is 0.277 e. The lowest BCUT2D eigenvalue weighted by Gasteiger charge is -2.16.